The first-order valence-corrected chi connectivity index (χ1v) is 5.92. The monoisotopic (exact) mass is 234 g/mol. The van der Waals surface area contributed by atoms with Gasteiger partial charge in [-0.2, -0.15) is 0 Å². The van der Waals surface area contributed by atoms with Gasteiger partial charge in [0, 0.05) is 0 Å². The zero-order valence-electron chi connectivity index (χ0n) is 10.6. The fourth-order valence-electron chi connectivity index (χ4n) is 2.49. The summed E-state index contributed by atoms with van der Waals surface area (Å²) in [4.78, 5) is 12.0. The smallest absolute Gasteiger partial charge is 0.312 e. The minimum Gasteiger partial charge on any atom is -0.496 e. The lowest BCUT2D eigenvalue weighted by Gasteiger charge is -2.20. The van der Waals surface area contributed by atoms with Crippen LogP contribution < -0.4 is 4.74 Å². The molecule has 0 bridgehead atoms. The van der Waals surface area contributed by atoms with Crippen molar-refractivity contribution < 1.29 is 14.3 Å². The third kappa shape index (κ3) is 2.02. The Kier molecular flexibility index (Phi) is 3.09. The number of carbonyl (C=O) groups excluding carboxylic acids is 1. The molecule has 0 heterocycles. The van der Waals surface area contributed by atoms with Gasteiger partial charge in [-0.25, -0.2) is 0 Å². The Labute approximate surface area is 102 Å². The first-order chi connectivity index (χ1) is 8.10. The highest BCUT2D eigenvalue weighted by Crippen LogP contribution is 2.41. The summed E-state index contributed by atoms with van der Waals surface area (Å²) in [5, 5.41) is 0. The highest BCUT2D eigenvalue weighted by atomic mass is 16.5. The van der Waals surface area contributed by atoms with Gasteiger partial charge in [0.05, 0.1) is 19.1 Å². The average Bonchev–Trinajstić information content (AvgIpc) is 2.66. The van der Waals surface area contributed by atoms with Gasteiger partial charge >= 0.3 is 5.97 Å². The third-order valence-corrected chi connectivity index (χ3v) is 3.37. The quantitative estimate of drug-likeness (QED) is 0.753. The van der Waals surface area contributed by atoms with Crippen LogP contribution in [0.1, 0.15) is 25.0 Å². The topological polar surface area (TPSA) is 35.5 Å². The Morgan fingerprint density at radius 2 is 2.18 bits per heavy atom. The Morgan fingerprint density at radius 1 is 1.41 bits per heavy atom. The first-order valence-electron chi connectivity index (χ1n) is 5.92. The van der Waals surface area contributed by atoms with Crippen LogP contribution in [0.3, 0.4) is 0 Å². The maximum atomic E-state index is 12.0. The van der Waals surface area contributed by atoms with Gasteiger partial charge in [-0.1, -0.05) is 12.1 Å². The maximum absolute atomic E-state index is 12.0. The molecular weight excluding hydrogens is 216 g/mol. The van der Waals surface area contributed by atoms with Crippen molar-refractivity contribution in [1.82, 2.24) is 0 Å². The van der Waals surface area contributed by atoms with Crippen molar-refractivity contribution in [3.63, 3.8) is 0 Å². The van der Waals surface area contributed by atoms with Gasteiger partial charge < -0.3 is 9.47 Å². The number of rotatable bonds is 3. The lowest BCUT2D eigenvalue weighted by molar-refractivity contribution is -0.153. The lowest BCUT2D eigenvalue weighted by Crippen LogP contribution is -2.30. The van der Waals surface area contributed by atoms with E-state index in [9.17, 15) is 4.79 Å². The summed E-state index contributed by atoms with van der Waals surface area (Å²) in [5.74, 6) is 0.758. The SMILES string of the molecule is CCOC(=O)C1(C)Cc2cccc(OC)c2C1. The van der Waals surface area contributed by atoms with E-state index in [-0.39, 0.29) is 5.97 Å². The highest BCUT2D eigenvalue weighted by Gasteiger charge is 2.41. The zero-order valence-corrected chi connectivity index (χ0v) is 10.6. The molecule has 0 aliphatic heterocycles. The number of esters is 1. The molecule has 92 valence electrons. The largest absolute Gasteiger partial charge is 0.496 e. The fraction of sp³-hybridized carbons (Fsp3) is 0.500. The normalized spacial score (nSPS) is 22.1. The molecule has 1 aliphatic carbocycles. The molecule has 0 saturated carbocycles. The molecule has 2 rings (SSSR count). The average molecular weight is 234 g/mol. The van der Waals surface area contributed by atoms with Crippen molar-refractivity contribution in [2.24, 2.45) is 5.41 Å². The van der Waals surface area contributed by atoms with Crippen LogP contribution in [0.4, 0.5) is 0 Å². The molecule has 0 saturated heterocycles. The summed E-state index contributed by atoms with van der Waals surface area (Å²) in [5.41, 5.74) is 1.90. The van der Waals surface area contributed by atoms with Crippen molar-refractivity contribution in [2.45, 2.75) is 26.7 Å². The van der Waals surface area contributed by atoms with Crippen LogP contribution in [-0.2, 0) is 22.4 Å². The van der Waals surface area contributed by atoms with Gasteiger partial charge in [-0.3, -0.25) is 4.79 Å². The molecule has 3 nitrogen and oxygen atoms in total. The summed E-state index contributed by atoms with van der Waals surface area (Å²) in [6.45, 7) is 4.23. The van der Waals surface area contributed by atoms with Crippen LogP contribution in [0.15, 0.2) is 18.2 Å². The van der Waals surface area contributed by atoms with Crippen molar-refractivity contribution >= 4 is 5.97 Å². The van der Waals surface area contributed by atoms with E-state index in [2.05, 4.69) is 6.07 Å². The van der Waals surface area contributed by atoms with E-state index in [0.29, 0.717) is 13.0 Å². The van der Waals surface area contributed by atoms with Crippen molar-refractivity contribution in [2.75, 3.05) is 13.7 Å². The molecule has 0 aromatic heterocycles. The van der Waals surface area contributed by atoms with E-state index in [1.807, 2.05) is 26.0 Å². The highest BCUT2D eigenvalue weighted by molar-refractivity contribution is 5.79. The molecule has 0 fully saturated rings. The number of hydrogen-bond donors (Lipinski definition) is 0. The standard InChI is InChI=1S/C14H18O3/c1-4-17-13(15)14(2)8-10-6-5-7-12(16-3)11(10)9-14/h5-7H,4,8-9H2,1-3H3. The van der Waals surface area contributed by atoms with Gasteiger partial charge in [0.2, 0.25) is 0 Å². The molecule has 0 N–H and O–H groups in total. The second kappa shape index (κ2) is 4.40. The molecule has 1 atom stereocenters. The van der Waals surface area contributed by atoms with Crippen molar-refractivity contribution in [3.8, 4) is 5.75 Å². The second-order valence-corrected chi connectivity index (χ2v) is 4.73. The number of hydrogen-bond acceptors (Lipinski definition) is 3. The molecule has 3 heteroatoms. The molecular formula is C14H18O3. The minimum absolute atomic E-state index is 0.113. The molecule has 1 aromatic carbocycles. The van der Waals surface area contributed by atoms with Gasteiger partial charge in [0.25, 0.3) is 0 Å². The summed E-state index contributed by atoms with van der Waals surface area (Å²) < 4.78 is 10.5. The van der Waals surface area contributed by atoms with Crippen LogP contribution in [0, 0.1) is 5.41 Å². The van der Waals surface area contributed by atoms with E-state index in [1.54, 1.807) is 7.11 Å². The molecule has 0 amide bonds. The molecule has 1 aliphatic rings. The Hall–Kier alpha value is -1.51. The predicted octanol–water partition coefficient (Wildman–Crippen LogP) is 2.36. The maximum Gasteiger partial charge on any atom is 0.312 e. The predicted molar refractivity (Wildman–Crippen MR) is 65.1 cm³/mol. The lowest BCUT2D eigenvalue weighted by atomic mass is 9.87. The summed E-state index contributed by atoms with van der Waals surface area (Å²) in [7, 11) is 1.66. The van der Waals surface area contributed by atoms with Crippen LogP contribution in [0.2, 0.25) is 0 Å². The molecule has 1 aromatic rings. The third-order valence-electron chi connectivity index (χ3n) is 3.37. The summed E-state index contributed by atoms with van der Waals surface area (Å²) >= 11 is 0. The molecule has 1 unspecified atom stereocenters. The van der Waals surface area contributed by atoms with E-state index in [4.69, 9.17) is 9.47 Å². The number of carbonyl (C=O) groups is 1. The van der Waals surface area contributed by atoms with Gasteiger partial charge in [-0.05, 0) is 43.9 Å². The number of benzene rings is 1. The molecule has 0 radical (unpaired) electrons. The Balaban J connectivity index is 2.29. The van der Waals surface area contributed by atoms with E-state index >= 15 is 0 Å². The van der Waals surface area contributed by atoms with Crippen LogP contribution in [0.5, 0.6) is 5.75 Å². The zero-order chi connectivity index (χ0) is 12.5. The molecule has 0 spiro atoms. The van der Waals surface area contributed by atoms with Crippen LogP contribution in [0.25, 0.3) is 0 Å². The molecule has 17 heavy (non-hydrogen) atoms. The minimum atomic E-state index is -0.438. The van der Waals surface area contributed by atoms with Gasteiger partial charge in [-0.15, -0.1) is 0 Å². The first kappa shape index (κ1) is 12.0. The second-order valence-electron chi connectivity index (χ2n) is 4.73. The summed E-state index contributed by atoms with van der Waals surface area (Å²) in [6, 6.07) is 5.96. The van der Waals surface area contributed by atoms with Crippen molar-refractivity contribution in [1.29, 1.82) is 0 Å². The number of ether oxygens (including phenoxy) is 2. The number of fused-ring (bicyclic) bond motifs is 1. The van der Waals surface area contributed by atoms with E-state index < -0.39 is 5.41 Å². The van der Waals surface area contributed by atoms with Crippen LogP contribution >= 0.6 is 0 Å². The van der Waals surface area contributed by atoms with Crippen molar-refractivity contribution in [3.05, 3.63) is 29.3 Å². The van der Waals surface area contributed by atoms with E-state index in [1.165, 1.54) is 5.56 Å². The Morgan fingerprint density at radius 3 is 2.82 bits per heavy atom. The number of methoxy groups -OCH3 is 1. The van der Waals surface area contributed by atoms with E-state index in [0.717, 1.165) is 17.7 Å². The summed E-state index contributed by atoms with van der Waals surface area (Å²) in [6.07, 6.45) is 1.43. The van der Waals surface area contributed by atoms with Gasteiger partial charge in [0.15, 0.2) is 0 Å². The fourth-order valence-corrected chi connectivity index (χ4v) is 2.49. The Bertz CT molecular complexity index is 439. The van der Waals surface area contributed by atoms with Gasteiger partial charge in [0.1, 0.15) is 5.75 Å². The van der Waals surface area contributed by atoms with Crippen LogP contribution in [-0.4, -0.2) is 19.7 Å².